The number of carbonyl (C=O) groups is 1. The molecule has 0 aromatic heterocycles. The monoisotopic (exact) mass is 313 g/mol. The second-order valence-corrected chi connectivity index (χ2v) is 6.62. The van der Waals surface area contributed by atoms with E-state index in [0.717, 1.165) is 56.1 Å². The first-order chi connectivity index (χ1) is 11.2. The van der Waals surface area contributed by atoms with Crippen LogP contribution in [0.5, 0.6) is 0 Å². The molecule has 4 rings (SSSR count). The van der Waals surface area contributed by atoms with Gasteiger partial charge in [0.25, 0.3) is 0 Å². The number of piperazine rings is 1. The van der Waals surface area contributed by atoms with Gasteiger partial charge in [0, 0.05) is 37.1 Å². The fourth-order valence-electron chi connectivity index (χ4n) is 3.65. The average molecular weight is 313 g/mol. The summed E-state index contributed by atoms with van der Waals surface area (Å²) >= 11 is 0. The van der Waals surface area contributed by atoms with Gasteiger partial charge in [-0.15, -0.1) is 0 Å². The van der Waals surface area contributed by atoms with Crippen LogP contribution in [0.1, 0.15) is 24.7 Å². The number of carbonyl (C=O) groups excluding carboxylic acids is 1. The normalized spacial score (nSPS) is 26.0. The fraction of sp³-hybridized carbons (Fsp3) is 0.529. The Kier molecular flexibility index (Phi) is 3.79. The molecular formula is C17H23N5O. The van der Waals surface area contributed by atoms with E-state index in [1.54, 1.807) is 0 Å². The lowest BCUT2D eigenvalue weighted by Gasteiger charge is -2.40. The lowest BCUT2D eigenvalue weighted by molar-refractivity contribution is -0.138. The van der Waals surface area contributed by atoms with Crippen LogP contribution in [0.3, 0.4) is 0 Å². The van der Waals surface area contributed by atoms with Crippen LogP contribution in [-0.4, -0.2) is 64.9 Å². The van der Waals surface area contributed by atoms with Crippen molar-refractivity contribution in [1.29, 1.82) is 0 Å². The minimum absolute atomic E-state index is 0.0112. The number of nitrogens with zero attached hydrogens (tertiary/aromatic N) is 3. The van der Waals surface area contributed by atoms with E-state index in [1.807, 2.05) is 23.2 Å². The molecule has 2 fully saturated rings. The number of hydrogen-bond acceptors (Lipinski definition) is 4. The summed E-state index contributed by atoms with van der Waals surface area (Å²) in [5.74, 6) is 1.10. The van der Waals surface area contributed by atoms with Gasteiger partial charge in [0.05, 0.1) is 6.04 Å². The van der Waals surface area contributed by atoms with Crippen LogP contribution < -0.4 is 5.32 Å². The van der Waals surface area contributed by atoms with Crippen molar-refractivity contribution in [3.05, 3.63) is 30.2 Å². The summed E-state index contributed by atoms with van der Waals surface area (Å²) in [6.07, 6.45) is 3.92. The molecule has 23 heavy (non-hydrogen) atoms. The second kappa shape index (κ2) is 5.94. The van der Waals surface area contributed by atoms with E-state index < -0.39 is 0 Å². The molecule has 2 unspecified atom stereocenters. The third kappa shape index (κ3) is 2.72. The van der Waals surface area contributed by atoms with Gasteiger partial charge >= 0.3 is 0 Å². The lowest BCUT2D eigenvalue weighted by atomic mass is 10.1. The molecule has 4 aliphatic rings. The van der Waals surface area contributed by atoms with Crippen LogP contribution >= 0.6 is 0 Å². The van der Waals surface area contributed by atoms with Crippen molar-refractivity contribution in [2.24, 2.45) is 0 Å². The molecule has 0 aromatic carbocycles. The van der Waals surface area contributed by atoms with E-state index >= 15 is 0 Å². The van der Waals surface area contributed by atoms with Gasteiger partial charge < -0.3 is 20.1 Å². The zero-order valence-electron chi connectivity index (χ0n) is 13.5. The van der Waals surface area contributed by atoms with Gasteiger partial charge in [0.1, 0.15) is 11.9 Å². The quantitative estimate of drug-likeness (QED) is 0.871. The molecule has 2 atom stereocenters. The molecule has 122 valence electrons. The molecular weight excluding hydrogens is 290 g/mol. The Morgan fingerprint density at radius 3 is 3.09 bits per heavy atom. The van der Waals surface area contributed by atoms with Crippen LogP contribution in [-0.2, 0) is 4.79 Å². The summed E-state index contributed by atoms with van der Waals surface area (Å²) in [5.41, 5.74) is 2.18. The predicted molar refractivity (Wildman–Crippen MR) is 88.2 cm³/mol. The number of nitrogens with one attached hydrogen (secondary N) is 2. The van der Waals surface area contributed by atoms with Crippen molar-refractivity contribution in [2.45, 2.75) is 24.9 Å². The number of likely N-dealkylation sites (N-methyl/N-ethyl adjacent to an activating group) is 1. The number of amides is 1. The zero-order valence-corrected chi connectivity index (χ0v) is 13.5. The number of hydrogen-bond donors (Lipinski definition) is 2. The first kappa shape index (κ1) is 14.7. The van der Waals surface area contributed by atoms with Crippen molar-refractivity contribution in [1.82, 2.24) is 25.1 Å². The Morgan fingerprint density at radius 1 is 1.35 bits per heavy atom. The molecule has 0 aromatic rings. The third-order valence-corrected chi connectivity index (χ3v) is 5.00. The Morgan fingerprint density at radius 2 is 2.26 bits per heavy atom. The average Bonchev–Trinajstić information content (AvgIpc) is 3.25. The molecule has 0 radical (unpaired) electrons. The summed E-state index contributed by atoms with van der Waals surface area (Å²) in [4.78, 5) is 25.2. The van der Waals surface area contributed by atoms with Gasteiger partial charge in [-0.2, -0.15) is 0 Å². The molecule has 2 N–H and O–H groups in total. The Hall–Kier alpha value is -1.92. The van der Waals surface area contributed by atoms with Crippen LogP contribution in [0, 0.1) is 0 Å². The summed E-state index contributed by atoms with van der Waals surface area (Å²) in [7, 11) is 2.10. The maximum atomic E-state index is 12.9. The molecule has 0 spiro atoms. The smallest absolute Gasteiger partial charge is 0.240 e. The zero-order chi connectivity index (χ0) is 15.8. The molecule has 2 saturated heterocycles. The van der Waals surface area contributed by atoms with E-state index in [2.05, 4.69) is 33.3 Å². The highest BCUT2D eigenvalue weighted by Gasteiger charge is 2.36. The summed E-state index contributed by atoms with van der Waals surface area (Å²) in [6, 6.07) is 6.08. The van der Waals surface area contributed by atoms with E-state index in [0.29, 0.717) is 0 Å². The van der Waals surface area contributed by atoms with Crippen molar-refractivity contribution in [3.63, 3.8) is 0 Å². The number of aromatic nitrogens is 2. The second-order valence-electron chi connectivity index (χ2n) is 6.62. The van der Waals surface area contributed by atoms with Gasteiger partial charge in [0.15, 0.2) is 0 Å². The highest BCUT2D eigenvalue weighted by Crippen LogP contribution is 2.27. The van der Waals surface area contributed by atoms with Gasteiger partial charge in [-0.1, -0.05) is 12.1 Å². The molecule has 3 heterocycles. The summed E-state index contributed by atoms with van der Waals surface area (Å²) in [5, 5.41) is 3.33. The predicted octanol–water partition coefficient (Wildman–Crippen LogP) is 1.08. The third-order valence-electron chi connectivity index (χ3n) is 5.00. The standard InChI is InChI=1S/C17H23N5O/c1-21-8-9-22(17(23)14-6-3-7-18-14)15(11-21)16-19-10-12-4-2-5-13(12)20-16/h2,4-5,10,14-15,18H,3,6-9,11H2,1H3,(H,19,20). The number of fused-ring (bicyclic) bond motifs is 1. The number of rotatable bonds is 2. The first-order valence-electron chi connectivity index (χ1n) is 8.38. The van der Waals surface area contributed by atoms with Crippen LogP contribution in [0.4, 0.5) is 0 Å². The minimum atomic E-state index is -0.0245. The Bertz CT molecular complexity index is 663. The van der Waals surface area contributed by atoms with E-state index in [1.165, 1.54) is 0 Å². The fourth-order valence-corrected chi connectivity index (χ4v) is 3.65. The highest BCUT2D eigenvalue weighted by molar-refractivity contribution is 5.82. The topological polar surface area (TPSA) is 64.3 Å². The van der Waals surface area contributed by atoms with Crippen molar-refractivity contribution >= 4 is 5.91 Å². The number of H-pyrrole nitrogens is 1. The summed E-state index contributed by atoms with van der Waals surface area (Å²) < 4.78 is 0. The maximum Gasteiger partial charge on any atom is 0.240 e. The van der Waals surface area contributed by atoms with Crippen LogP contribution in [0.25, 0.3) is 11.3 Å². The molecule has 6 heteroatoms. The van der Waals surface area contributed by atoms with Gasteiger partial charge in [-0.25, -0.2) is 4.98 Å². The van der Waals surface area contributed by atoms with Gasteiger partial charge in [0.2, 0.25) is 5.91 Å². The van der Waals surface area contributed by atoms with E-state index in [4.69, 9.17) is 0 Å². The van der Waals surface area contributed by atoms with Crippen LogP contribution in [0.2, 0.25) is 0 Å². The Balaban J connectivity index is 1.64. The largest absolute Gasteiger partial charge is 0.341 e. The maximum absolute atomic E-state index is 12.9. The SMILES string of the molecule is CN1CCN(C(=O)C2CCCN2)C(c2ncc3cccc-3[nH]2)C1. The molecule has 6 nitrogen and oxygen atoms in total. The number of aromatic amines is 1. The molecule has 0 saturated carbocycles. The lowest BCUT2D eigenvalue weighted by Crippen LogP contribution is -2.54. The first-order valence-corrected chi connectivity index (χ1v) is 8.38. The summed E-state index contributed by atoms with van der Waals surface area (Å²) in [6.45, 7) is 3.42. The van der Waals surface area contributed by atoms with Gasteiger partial charge in [-0.3, -0.25) is 4.79 Å². The van der Waals surface area contributed by atoms with E-state index in [-0.39, 0.29) is 18.0 Å². The van der Waals surface area contributed by atoms with E-state index in [9.17, 15) is 4.79 Å². The Labute approximate surface area is 136 Å². The van der Waals surface area contributed by atoms with Crippen molar-refractivity contribution < 1.29 is 4.79 Å². The minimum Gasteiger partial charge on any atom is -0.341 e. The highest BCUT2D eigenvalue weighted by atomic mass is 16.2. The molecule has 1 amide bonds. The van der Waals surface area contributed by atoms with Crippen molar-refractivity contribution in [3.8, 4) is 11.3 Å². The van der Waals surface area contributed by atoms with Crippen LogP contribution in [0.15, 0.2) is 24.4 Å². The molecule has 0 bridgehead atoms. The van der Waals surface area contributed by atoms with Gasteiger partial charge in [-0.05, 0) is 32.5 Å². The van der Waals surface area contributed by atoms with Crippen molar-refractivity contribution in [2.75, 3.05) is 33.2 Å². The molecule has 1 aliphatic carbocycles. The molecule has 3 aliphatic heterocycles.